The zero-order valence-corrected chi connectivity index (χ0v) is 12.7. The van der Waals surface area contributed by atoms with E-state index in [9.17, 15) is 8.42 Å². The second-order valence-electron chi connectivity index (χ2n) is 4.89. The topological polar surface area (TPSA) is 90.0 Å². The Morgan fingerprint density at radius 2 is 1.90 bits per heavy atom. The number of anilines is 2. The lowest BCUT2D eigenvalue weighted by atomic mass is 10.1. The Bertz CT molecular complexity index is 763. The van der Waals surface area contributed by atoms with Crippen LogP contribution >= 0.6 is 0 Å². The van der Waals surface area contributed by atoms with Crippen molar-refractivity contribution in [3.63, 3.8) is 0 Å². The Balaban J connectivity index is 2.52. The van der Waals surface area contributed by atoms with E-state index < -0.39 is 10.0 Å². The Kier molecular flexibility index (Phi) is 3.47. The summed E-state index contributed by atoms with van der Waals surface area (Å²) in [6.07, 6.45) is 3.06. The van der Waals surface area contributed by atoms with Gasteiger partial charge in [-0.15, -0.1) is 0 Å². The van der Waals surface area contributed by atoms with Crippen LogP contribution in [0.25, 0.3) is 0 Å². The Hall–Kier alpha value is -2.02. The van der Waals surface area contributed by atoms with Crippen molar-refractivity contribution in [3.05, 3.63) is 35.2 Å². The number of benzene rings is 1. The number of aromatic nitrogens is 2. The number of hydrogen-bond acceptors (Lipinski definition) is 4. The number of nitrogens with one attached hydrogen (secondary N) is 1. The molecule has 1 aromatic heterocycles. The molecule has 0 atom stereocenters. The van der Waals surface area contributed by atoms with Crippen molar-refractivity contribution in [3.8, 4) is 0 Å². The van der Waals surface area contributed by atoms with E-state index in [4.69, 9.17) is 5.73 Å². The van der Waals surface area contributed by atoms with E-state index >= 15 is 0 Å². The zero-order chi connectivity index (χ0) is 15.1. The highest BCUT2D eigenvalue weighted by Crippen LogP contribution is 2.29. The molecule has 0 aliphatic carbocycles. The summed E-state index contributed by atoms with van der Waals surface area (Å²) in [6.45, 7) is 5.34. The third-order valence-corrected chi connectivity index (χ3v) is 4.86. The van der Waals surface area contributed by atoms with Crippen molar-refractivity contribution in [2.75, 3.05) is 10.5 Å². The first kappa shape index (κ1) is 14.4. The first-order valence-corrected chi connectivity index (χ1v) is 7.58. The van der Waals surface area contributed by atoms with Crippen molar-refractivity contribution in [2.45, 2.75) is 25.7 Å². The lowest BCUT2D eigenvalue weighted by Crippen LogP contribution is -2.16. The molecule has 0 fully saturated rings. The summed E-state index contributed by atoms with van der Waals surface area (Å²) in [5.74, 6) is 0. The van der Waals surface area contributed by atoms with Crippen molar-refractivity contribution in [1.82, 2.24) is 9.78 Å². The average Bonchev–Trinajstić information content (AvgIpc) is 2.70. The fraction of sp³-hybridized carbons (Fsp3) is 0.308. The molecule has 108 valence electrons. The summed E-state index contributed by atoms with van der Waals surface area (Å²) >= 11 is 0. The smallest absolute Gasteiger partial charge is 0.262 e. The molecule has 1 aromatic carbocycles. The number of nitrogens with two attached hydrogens (primary N) is 1. The van der Waals surface area contributed by atoms with Crippen LogP contribution < -0.4 is 10.5 Å². The van der Waals surface area contributed by atoms with Crippen LogP contribution in [-0.2, 0) is 17.1 Å². The Morgan fingerprint density at radius 3 is 2.45 bits per heavy atom. The molecule has 2 rings (SSSR count). The van der Waals surface area contributed by atoms with Crippen LogP contribution in [0, 0.1) is 20.8 Å². The first-order chi connectivity index (χ1) is 9.22. The Morgan fingerprint density at radius 1 is 1.25 bits per heavy atom. The van der Waals surface area contributed by atoms with E-state index in [0.717, 1.165) is 5.56 Å². The van der Waals surface area contributed by atoms with Gasteiger partial charge in [-0.05, 0) is 37.5 Å². The number of aryl methyl sites for hydroxylation is 3. The minimum Gasteiger partial charge on any atom is -0.398 e. The minimum absolute atomic E-state index is 0.226. The first-order valence-electron chi connectivity index (χ1n) is 6.10. The molecule has 0 aliphatic rings. The highest BCUT2D eigenvalue weighted by molar-refractivity contribution is 7.92. The van der Waals surface area contributed by atoms with Gasteiger partial charge in [0.15, 0.2) is 0 Å². The van der Waals surface area contributed by atoms with Crippen LogP contribution in [0.1, 0.15) is 16.7 Å². The molecule has 0 spiro atoms. The van der Waals surface area contributed by atoms with Gasteiger partial charge in [0.05, 0.1) is 16.8 Å². The van der Waals surface area contributed by atoms with E-state index in [1.54, 1.807) is 33.2 Å². The monoisotopic (exact) mass is 294 g/mol. The largest absolute Gasteiger partial charge is 0.398 e. The maximum atomic E-state index is 12.5. The van der Waals surface area contributed by atoms with Gasteiger partial charge in [-0.2, -0.15) is 5.10 Å². The van der Waals surface area contributed by atoms with E-state index in [-0.39, 0.29) is 4.90 Å². The maximum absolute atomic E-state index is 12.5. The molecule has 7 heteroatoms. The second kappa shape index (κ2) is 4.82. The van der Waals surface area contributed by atoms with Gasteiger partial charge in [-0.3, -0.25) is 9.40 Å². The van der Waals surface area contributed by atoms with Crippen LogP contribution in [0.15, 0.2) is 23.4 Å². The average molecular weight is 294 g/mol. The predicted molar refractivity (Wildman–Crippen MR) is 79.1 cm³/mol. The molecule has 1 heterocycles. The summed E-state index contributed by atoms with van der Waals surface area (Å²) in [6, 6.07) is 1.78. The maximum Gasteiger partial charge on any atom is 0.262 e. The fourth-order valence-electron chi connectivity index (χ4n) is 2.28. The normalized spacial score (nSPS) is 11.6. The molecule has 0 bridgehead atoms. The molecule has 0 saturated heterocycles. The van der Waals surface area contributed by atoms with Gasteiger partial charge in [0.1, 0.15) is 0 Å². The second-order valence-corrected chi connectivity index (χ2v) is 6.51. The quantitative estimate of drug-likeness (QED) is 0.844. The van der Waals surface area contributed by atoms with Crippen molar-refractivity contribution < 1.29 is 8.42 Å². The molecule has 6 nitrogen and oxygen atoms in total. The van der Waals surface area contributed by atoms with Gasteiger partial charge in [0.2, 0.25) is 0 Å². The summed E-state index contributed by atoms with van der Waals surface area (Å²) in [5, 5.41) is 3.94. The van der Waals surface area contributed by atoms with Crippen LogP contribution in [0.4, 0.5) is 11.4 Å². The molecule has 0 unspecified atom stereocenters. The number of rotatable bonds is 3. The minimum atomic E-state index is -3.68. The summed E-state index contributed by atoms with van der Waals surface area (Å²) < 4.78 is 29.1. The summed E-state index contributed by atoms with van der Waals surface area (Å²) in [7, 11) is -1.96. The molecule has 0 aliphatic heterocycles. The van der Waals surface area contributed by atoms with Crippen LogP contribution in [0.2, 0.25) is 0 Å². The number of hydrogen-bond donors (Lipinski definition) is 2. The molecular weight excluding hydrogens is 276 g/mol. The lowest BCUT2D eigenvalue weighted by molar-refractivity contribution is 0.600. The van der Waals surface area contributed by atoms with Crippen molar-refractivity contribution in [2.24, 2.45) is 7.05 Å². The number of sulfonamides is 1. The number of nitrogen functional groups attached to an aromatic ring is 1. The van der Waals surface area contributed by atoms with Crippen molar-refractivity contribution in [1.29, 1.82) is 0 Å². The van der Waals surface area contributed by atoms with Crippen LogP contribution in [0.3, 0.4) is 0 Å². The molecule has 0 saturated carbocycles. The fourth-order valence-corrected chi connectivity index (χ4v) is 3.79. The van der Waals surface area contributed by atoms with Gasteiger partial charge in [0, 0.05) is 18.9 Å². The Labute approximate surface area is 118 Å². The summed E-state index contributed by atoms with van der Waals surface area (Å²) in [5.41, 5.74) is 8.98. The number of nitrogens with zero attached hydrogens (tertiary/aromatic N) is 2. The van der Waals surface area contributed by atoms with Gasteiger partial charge >= 0.3 is 0 Å². The van der Waals surface area contributed by atoms with E-state index in [1.165, 1.54) is 10.9 Å². The third kappa shape index (κ3) is 2.49. The van der Waals surface area contributed by atoms with Gasteiger partial charge in [-0.25, -0.2) is 8.42 Å². The zero-order valence-electron chi connectivity index (χ0n) is 11.9. The molecule has 20 heavy (non-hydrogen) atoms. The molecule has 3 N–H and O–H groups in total. The van der Waals surface area contributed by atoms with E-state index in [2.05, 4.69) is 9.82 Å². The SMILES string of the molecule is Cc1cc(C)c(S(=O)(=O)Nc2cnn(C)c2)c(C)c1N. The molecular formula is C13H18N4O2S. The van der Waals surface area contributed by atoms with Crippen molar-refractivity contribution >= 4 is 21.4 Å². The van der Waals surface area contributed by atoms with Gasteiger partial charge in [0.25, 0.3) is 10.0 Å². The van der Waals surface area contributed by atoms with Gasteiger partial charge < -0.3 is 5.73 Å². The van der Waals surface area contributed by atoms with Crippen LogP contribution in [0.5, 0.6) is 0 Å². The van der Waals surface area contributed by atoms with E-state index in [0.29, 0.717) is 22.5 Å². The highest BCUT2D eigenvalue weighted by atomic mass is 32.2. The van der Waals surface area contributed by atoms with Gasteiger partial charge in [-0.1, -0.05) is 6.07 Å². The highest BCUT2D eigenvalue weighted by Gasteiger charge is 2.22. The lowest BCUT2D eigenvalue weighted by Gasteiger charge is -2.15. The molecule has 2 aromatic rings. The van der Waals surface area contributed by atoms with E-state index in [1.807, 2.05) is 6.92 Å². The predicted octanol–water partition coefficient (Wildman–Crippen LogP) is 1.73. The molecule has 0 amide bonds. The third-order valence-electron chi connectivity index (χ3n) is 3.19. The van der Waals surface area contributed by atoms with Crippen LogP contribution in [-0.4, -0.2) is 18.2 Å². The standard InChI is InChI=1S/C13H18N4O2S/c1-8-5-9(2)13(10(3)12(8)14)20(18,19)16-11-6-15-17(4)7-11/h5-7,16H,14H2,1-4H3. The summed E-state index contributed by atoms with van der Waals surface area (Å²) in [4.78, 5) is 0.226. The molecule has 0 radical (unpaired) electrons.